The summed E-state index contributed by atoms with van der Waals surface area (Å²) >= 11 is 0. The molecule has 6 amide bonds. The van der Waals surface area contributed by atoms with Crippen LogP contribution in [0, 0.1) is 5.92 Å². The van der Waals surface area contributed by atoms with Crippen LogP contribution < -0.4 is 52.0 Å². The molecule has 1 aromatic heterocycles. The summed E-state index contributed by atoms with van der Waals surface area (Å²) in [6.07, 6.45) is -11.9. The Labute approximate surface area is 496 Å². The molecular weight excluding hydrogens is 1220 g/mol. The Morgan fingerprint density at radius 3 is 1.90 bits per heavy atom. The van der Waals surface area contributed by atoms with Gasteiger partial charge in [-0.05, 0) is 67.7 Å². The number of amides is 6. The molecule has 0 radical (unpaired) electrons. The largest absolute Gasteiger partial charge is 0.542 e. The lowest BCUT2D eigenvalue weighted by atomic mass is 9.91. The minimum atomic E-state index is -5.19. The van der Waals surface area contributed by atoms with E-state index in [9.17, 15) is 93.5 Å². The number of aliphatic hydroxyl groups excluding tert-OH is 3. The number of likely N-dealkylation sites (tertiary alicyclic amines) is 1. The zero-order valence-electron chi connectivity index (χ0n) is 46.3. The van der Waals surface area contributed by atoms with Crippen LogP contribution in [0.25, 0.3) is 6.08 Å². The van der Waals surface area contributed by atoms with Crippen LogP contribution in [0.15, 0.2) is 85.2 Å². The van der Waals surface area contributed by atoms with E-state index in [1.165, 1.54) is 12.1 Å². The van der Waals surface area contributed by atoms with Gasteiger partial charge < -0.3 is 91.9 Å². The number of rotatable bonds is 20. The van der Waals surface area contributed by atoms with E-state index in [2.05, 4.69) is 27.4 Å². The van der Waals surface area contributed by atoms with Crippen LogP contribution >= 0.6 is 0 Å². The van der Waals surface area contributed by atoms with Crippen LogP contribution in [0.4, 0.5) is 50.9 Å². The van der Waals surface area contributed by atoms with Crippen LogP contribution in [0.1, 0.15) is 60.0 Å². The van der Waals surface area contributed by atoms with Crippen LogP contribution in [0.3, 0.4) is 0 Å². The van der Waals surface area contributed by atoms with Crippen molar-refractivity contribution < 1.29 is 149 Å². The first-order chi connectivity index (χ1) is 41.4. The van der Waals surface area contributed by atoms with E-state index in [1.807, 2.05) is 39.8 Å². The highest BCUT2D eigenvalue weighted by atomic mass is 19.4. The van der Waals surface area contributed by atoms with Gasteiger partial charge in [-0.1, -0.05) is 18.9 Å². The van der Waals surface area contributed by atoms with Crippen molar-refractivity contribution in [1.82, 2.24) is 20.4 Å². The van der Waals surface area contributed by atoms with Crippen molar-refractivity contribution in [3.05, 3.63) is 102 Å². The number of carboxylic acids is 4. The molecule has 2 saturated heterocycles. The standard InChI is InChI=1S/C47H56N8O13.3C2HF3O2/c48-25-34(55-38(58)13-14-39(55)59)44(63)51-19-15-37(57)52-33-23-30(9-11-35(33)67-47-42(62)40(60)41(61)43(68-47)46(65)66)27-53-20-4-6-29(26-53)10-12-36(56)50-18-2-1-5-28-16-21-54(22-17-28)45(64)31-7-3-8-32(49)24-31;3*3-2(4,5)1(6)7/h3-4,6-14,20,23-24,26,28,34,40-43,47,60-62H,1-2,5,15-19,21-22,25,27,48-49H2,(H3-,50,51,52,56,57,63,65,66);3*(H,6,7)/b12-10+;;;/t34-,40-,41-,42+,43-,47+;;;/m0.../s1. The quantitative estimate of drug-likeness (QED) is 0.0171. The number of carbonyl (C=O) groups is 10. The van der Waals surface area contributed by atoms with Gasteiger partial charge in [0.1, 0.15) is 54.2 Å². The molecule has 3 aromatic rings. The van der Waals surface area contributed by atoms with Gasteiger partial charge in [-0.25, -0.2) is 9.36 Å². The number of aliphatic hydroxyl groups is 3. The molecule has 27 nitrogen and oxygen atoms in total. The first-order valence-corrected chi connectivity index (χ1v) is 26.1. The minimum absolute atomic E-state index is 0.0410. The van der Waals surface area contributed by atoms with Gasteiger partial charge >= 0.3 is 24.5 Å². The topological polar surface area (TPSA) is 441 Å². The van der Waals surface area contributed by atoms with Gasteiger partial charge in [0.2, 0.25) is 24.0 Å². The van der Waals surface area contributed by atoms with E-state index in [1.54, 1.807) is 36.7 Å². The number of imide groups is 1. The third-order valence-electron chi connectivity index (χ3n) is 12.5. The fourth-order valence-electron chi connectivity index (χ4n) is 8.14. The van der Waals surface area contributed by atoms with Crippen molar-refractivity contribution in [3.8, 4) is 5.75 Å². The predicted molar refractivity (Wildman–Crippen MR) is 273 cm³/mol. The summed E-state index contributed by atoms with van der Waals surface area (Å²) in [4.78, 5) is 117. The lowest BCUT2D eigenvalue weighted by Gasteiger charge is -2.38. The van der Waals surface area contributed by atoms with Crippen molar-refractivity contribution in [2.75, 3.05) is 38.0 Å². The number of unbranched alkanes of at least 4 members (excludes halogenated alkanes) is 1. The van der Waals surface area contributed by atoms with E-state index < -0.39 is 103 Å². The molecule has 89 heavy (non-hydrogen) atoms. The third kappa shape index (κ3) is 24.5. The number of anilines is 1. The fourth-order valence-corrected chi connectivity index (χ4v) is 8.14. The Balaban J connectivity index is 0.000000841. The van der Waals surface area contributed by atoms with Gasteiger partial charge in [0.05, 0.1) is 5.69 Å². The second kappa shape index (κ2) is 33.9. The summed E-state index contributed by atoms with van der Waals surface area (Å²) in [6.45, 7) is 1.91. The number of aromatic nitrogens is 1. The molecule has 6 rings (SSSR count). The normalized spacial score (nSPS) is 18.8. The van der Waals surface area contributed by atoms with E-state index in [4.69, 9.17) is 39.2 Å². The summed E-state index contributed by atoms with van der Waals surface area (Å²) in [6, 6.07) is 14.4. The molecule has 488 valence electrons. The highest BCUT2D eigenvalue weighted by Gasteiger charge is 2.48. The van der Waals surface area contributed by atoms with Crippen molar-refractivity contribution >= 4 is 76.8 Å². The Kier molecular flexibility index (Phi) is 28.2. The zero-order chi connectivity index (χ0) is 67.1. The Bertz CT molecular complexity index is 2990. The number of piperidine rings is 1. The molecule has 13 N–H and O–H groups in total. The van der Waals surface area contributed by atoms with Crippen LogP contribution in [0.2, 0.25) is 0 Å². The van der Waals surface area contributed by atoms with E-state index in [0.29, 0.717) is 23.6 Å². The Morgan fingerprint density at radius 2 is 1.36 bits per heavy atom. The molecule has 0 spiro atoms. The van der Waals surface area contributed by atoms with Gasteiger partial charge in [-0.15, -0.1) is 0 Å². The lowest BCUT2D eigenvalue weighted by Crippen LogP contribution is -2.65. The summed E-state index contributed by atoms with van der Waals surface area (Å²) in [7, 11) is 0. The van der Waals surface area contributed by atoms with Crippen molar-refractivity contribution in [2.24, 2.45) is 5.92 Å². The SMILES string of the molecule is O=C([O-])C(F)(F)F.O=C([O-])C(F)(F)F.O=C([O-])C(F)(F)F.[NH3+]C[C@@H](C(=O)NCCC(=O)Nc1cc(C[n+]2cccc(/C=C/C(=O)NCCCCC3CCN(C(=O)c4cccc([NH3+])c4)CC3)c2)ccc1O[C@@H]1O[C@H](C(=O)O)[C@@H](O)[C@H](O)[C@H]1O)N1C(=O)C=CC1=O. The molecule has 4 heterocycles. The molecule has 6 atom stereocenters. The summed E-state index contributed by atoms with van der Waals surface area (Å²) in [5.41, 5.74) is 10.4. The fraction of sp³-hybridized carbons (Fsp3) is 0.415. The van der Waals surface area contributed by atoms with Crippen molar-refractivity contribution in [1.29, 1.82) is 0 Å². The Morgan fingerprint density at radius 1 is 0.775 bits per heavy atom. The molecule has 0 unspecified atom stereocenters. The van der Waals surface area contributed by atoms with Crippen molar-refractivity contribution in [3.63, 3.8) is 0 Å². The first kappa shape index (κ1) is 74.2. The monoisotopic (exact) mass is 1280 g/mol. The maximum Gasteiger partial charge on any atom is 0.430 e. The molecule has 36 heteroatoms. The summed E-state index contributed by atoms with van der Waals surface area (Å²) < 4.78 is 108. The second-order valence-electron chi connectivity index (χ2n) is 19.2. The zero-order valence-corrected chi connectivity index (χ0v) is 46.3. The predicted octanol–water partition coefficient (Wildman–Crippen LogP) is -4.11. The maximum atomic E-state index is 13.3. The van der Waals surface area contributed by atoms with Gasteiger partial charge in [0, 0.05) is 79.7 Å². The highest BCUT2D eigenvalue weighted by molar-refractivity contribution is 6.15. The number of ether oxygens (including phenoxy) is 2. The number of quaternary nitrogens is 2. The molecule has 0 saturated carbocycles. The number of benzene rings is 2. The number of hydrogen-bond donors (Lipinski definition) is 9. The molecule has 2 fully saturated rings. The molecule has 3 aliphatic rings. The smallest absolute Gasteiger partial charge is 0.430 e. The van der Waals surface area contributed by atoms with E-state index in [-0.39, 0.29) is 49.3 Å². The molecular formula is C53H59F9N8O19. The van der Waals surface area contributed by atoms with Crippen LogP contribution in [-0.2, 0) is 54.4 Å². The number of hydrogen-bond acceptors (Lipinski definition) is 18. The first-order valence-electron chi connectivity index (χ1n) is 26.1. The van der Waals surface area contributed by atoms with Crippen molar-refractivity contribution in [2.45, 2.75) is 100 Å². The van der Waals surface area contributed by atoms with Crippen LogP contribution in [0.5, 0.6) is 5.75 Å². The Hall–Kier alpha value is -9.10. The van der Waals surface area contributed by atoms with Gasteiger partial charge in [-0.3, -0.25) is 33.7 Å². The third-order valence-corrected chi connectivity index (χ3v) is 12.5. The second-order valence-corrected chi connectivity index (χ2v) is 19.2. The maximum absolute atomic E-state index is 13.3. The lowest BCUT2D eigenvalue weighted by molar-refractivity contribution is -0.688. The molecule has 0 bridgehead atoms. The van der Waals surface area contributed by atoms with Gasteiger partial charge in [-0.2, -0.15) is 39.5 Å². The molecule has 2 aromatic carbocycles. The van der Waals surface area contributed by atoms with E-state index >= 15 is 0 Å². The number of nitrogens with one attached hydrogen (secondary N) is 3. The summed E-state index contributed by atoms with van der Waals surface area (Å²) in [5.74, 6) is -13.0. The average Bonchev–Trinajstić information content (AvgIpc) is 2.97. The number of pyridine rings is 1. The summed E-state index contributed by atoms with van der Waals surface area (Å²) in [5, 5.41) is 75.1. The average molecular weight is 1280 g/mol. The highest BCUT2D eigenvalue weighted by Crippen LogP contribution is 2.31. The van der Waals surface area contributed by atoms with Crippen LogP contribution in [-0.4, -0.2) is 178 Å². The number of aliphatic carboxylic acids is 4. The van der Waals surface area contributed by atoms with Gasteiger partial charge in [0.15, 0.2) is 31.1 Å². The number of carboxylic acid groups (broad SMARTS) is 4. The number of nitrogens with zero attached hydrogens (tertiary/aromatic N) is 3. The molecule has 3 aliphatic heterocycles. The molecule has 0 aliphatic carbocycles. The number of carbonyl (C=O) groups excluding carboxylic acids is 9. The number of alkyl halides is 9. The van der Waals surface area contributed by atoms with Gasteiger partial charge in [0.25, 0.3) is 17.7 Å². The van der Waals surface area contributed by atoms with E-state index in [0.717, 1.165) is 73.5 Å². The number of halogens is 9. The minimum Gasteiger partial charge on any atom is -0.542 e.